The van der Waals surface area contributed by atoms with Crippen molar-refractivity contribution in [2.24, 2.45) is 5.73 Å². The van der Waals surface area contributed by atoms with E-state index in [2.05, 4.69) is 17.4 Å². The van der Waals surface area contributed by atoms with E-state index in [4.69, 9.17) is 5.73 Å². The van der Waals surface area contributed by atoms with Gasteiger partial charge >= 0.3 is 0 Å². The average Bonchev–Trinajstić information content (AvgIpc) is 2.04. The van der Waals surface area contributed by atoms with Gasteiger partial charge in [0.1, 0.15) is 0 Å². The zero-order valence-corrected chi connectivity index (χ0v) is 7.03. The molecule has 0 unspecified atom stereocenters. The van der Waals surface area contributed by atoms with Crippen LogP contribution in [0.25, 0.3) is 0 Å². The topological polar surface area (TPSA) is 38.0 Å². The molecule has 0 saturated heterocycles. The molecule has 1 fully saturated rings. The second-order valence-corrected chi connectivity index (χ2v) is 3.44. The summed E-state index contributed by atoms with van der Waals surface area (Å²) in [6.45, 7) is 0. The number of benzene rings is 1. The van der Waals surface area contributed by atoms with Crippen LogP contribution >= 0.6 is 0 Å². The molecule has 0 bridgehead atoms. The average molecular weight is 162 g/mol. The van der Waals surface area contributed by atoms with Crippen molar-refractivity contribution in [3.63, 3.8) is 0 Å². The van der Waals surface area contributed by atoms with E-state index in [9.17, 15) is 0 Å². The molecule has 2 heteroatoms. The third-order valence-corrected chi connectivity index (χ3v) is 2.32. The second kappa shape index (κ2) is 3.15. The molecule has 0 radical (unpaired) electrons. The number of para-hydroxylation sites is 1. The van der Waals surface area contributed by atoms with Crippen molar-refractivity contribution in [1.29, 1.82) is 0 Å². The minimum absolute atomic E-state index is 0.422. The van der Waals surface area contributed by atoms with Crippen molar-refractivity contribution in [3.8, 4) is 0 Å². The number of anilines is 1. The van der Waals surface area contributed by atoms with Crippen LogP contribution in [0.1, 0.15) is 12.8 Å². The van der Waals surface area contributed by atoms with Crippen molar-refractivity contribution in [3.05, 3.63) is 30.3 Å². The van der Waals surface area contributed by atoms with Crippen molar-refractivity contribution in [2.75, 3.05) is 5.32 Å². The van der Waals surface area contributed by atoms with E-state index in [0.717, 1.165) is 12.8 Å². The van der Waals surface area contributed by atoms with Crippen LogP contribution in [0, 0.1) is 0 Å². The van der Waals surface area contributed by atoms with Gasteiger partial charge < -0.3 is 11.1 Å². The Hall–Kier alpha value is -1.02. The fourth-order valence-electron chi connectivity index (χ4n) is 1.55. The number of hydrogen-bond donors (Lipinski definition) is 2. The predicted molar refractivity (Wildman–Crippen MR) is 51.1 cm³/mol. The third kappa shape index (κ3) is 1.59. The Labute approximate surface area is 72.8 Å². The molecule has 0 aliphatic heterocycles. The van der Waals surface area contributed by atoms with Gasteiger partial charge in [0, 0.05) is 17.8 Å². The Bertz CT molecular complexity index is 239. The highest BCUT2D eigenvalue weighted by Crippen LogP contribution is 2.21. The summed E-state index contributed by atoms with van der Waals surface area (Å²) < 4.78 is 0. The lowest BCUT2D eigenvalue weighted by Gasteiger charge is -2.33. The fourth-order valence-corrected chi connectivity index (χ4v) is 1.55. The Balaban J connectivity index is 1.88. The van der Waals surface area contributed by atoms with Crippen molar-refractivity contribution < 1.29 is 0 Å². The molecular formula is C10H14N2. The van der Waals surface area contributed by atoms with Crippen molar-refractivity contribution in [2.45, 2.75) is 24.9 Å². The number of nitrogens with two attached hydrogens (primary N) is 1. The molecular weight excluding hydrogens is 148 g/mol. The van der Waals surface area contributed by atoms with Crippen molar-refractivity contribution in [1.82, 2.24) is 0 Å². The Kier molecular flexibility index (Phi) is 2.00. The first-order chi connectivity index (χ1) is 5.84. The molecule has 2 rings (SSSR count). The first kappa shape index (κ1) is 7.62. The van der Waals surface area contributed by atoms with Gasteiger partial charge in [-0.3, -0.25) is 0 Å². The van der Waals surface area contributed by atoms with Gasteiger partial charge in [0.15, 0.2) is 0 Å². The molecule has 12 heavy (non-hydrogen) atoms. The molecule has 1 saturated carbocycles. The largest absolute Gasteiger partial charge is 0.382 e. The van der Waals surface area contributed by atoms with Crippen LogP contribution in [0.3, 0.4) is 0 Å². The first-order valence-electron chi connectivity index (χ1n) is 4.42. The van der Waals surface area contributed by atoms with Crippen LogP contribution in [0.15, 0.2) is 30.3 Å². The van der Waals surface area contributed by atoms with Crippen LogP contribution < -0.4 is 11.1 Å². The normalized spacial score (nSPS) is 27.8. The molecule has 2 nitrogen and oxygen atoms in total. The Morgan fingerprint density at radius 3 is 2.42 bits per heavy atom. The highest BCUT2D eigenvalue weighted by Gasteiger charge is 2.25. The van der Waals surface area contributed by atoms with E-state index >= 15 is 0 Å². The van der Waals surface area contributed by atoms with Gasteiger partial charge in [-0.1, -0.05) is 18.2 Å². The van der Waals surface area contributed by atoms with Crippen LogP contribution in [0.5, 0.6) is 0 Å². The highest BCUT2D eigenvalue weighted by molar-refractivity contribution is 5.44. The lowest BCUT2D eigenvalue weighted by Crippen LogP contribution is -2.44. The van der Waals surface area contributed by atoms with Crippen molar-refractivity contribution >= 4 is 5.69 Å². The maximum atomic E-state index is 5.68. The highest BCUT2D eigenvalue weighted by atomic mass is 15.0. The Morgan fingerprint density at radius 2 is 1.83 bits per heavy atom. The number of hydrogen-bond acceptors (Lipinski definition) is 2. The number of rotatable bonds is 2. The molecule has 1 aromatic rings. The minimum atomic E-state index is 0.422. The van der Waals surface area contributed by atoms with Crippen LogP contribution in [0.2, 0.25) is 0 Å². The fraction of sp³-hybridized carbons (Fsp3) is 0.400. The third-order valence-electron chi connectivity index (χ3n) is 2.32. The molecule has 1 aliphatic rings. The molecule has 3 N–H and O–H groups in total. The van der Waals surface area contributed by atoms with Gasteiger partial charge in [0.25, 0.3) is 0 Å². The molecule has 0 spiro atoms. The van der Waals surface area contributed by atoms with E-state index < -0.39 is 0 Å². The van der Waals surface area contributed by atoms with Gasteiger partial charge in [-0.15, -0.1) is 0 Å². The number of nitrogens with one attached hydrogen (secondary N) is 1. The van der Waals surface area contributed by atoms with Gasteiger partial charge in [0.2, 0.25) is 0 Å². The van der Waals surface area contributed by atoms with E-state index in [1.54, 1.807) is 0 Å². The summed E-state index contributed by atoms with van der Waals surface area (Å²) >= 11 is 0. The van der Waals surface area contributed by atoms with Crippen LogP contribution in [-0.4, -0.2) is 12.1 Å². The maximum absolute atomic E-state index is 5.68. The molecule has 1 aliphatic carbocycles. The summed E-state index contributed by atoms with van der Waals surface area (Å²) in [5, 5.41) is 3.43. The van der Waals surface area contributed by atoms with Gasteiger partial charge in [0.05, 0.1) is 0 Å². The van der Waals surface area contributed by atoms with Crippen LogP contribution in [-0.2, 0) is 0 Å². The SMILES string of the molecule is NC1CC(Nc2ccccc2)C1. The maximum Gasteiger partial charge on any atom is 0.0342 e. The summed E-state index contributed by atoms with van der Waals surface area (Å²) in [5.74, 6) is 0. The predicted octanol–water partition coefficient (Wildman–Crippen LogP) is 1.59. The first-order valence-corrected chi connectivity index (χ1v) is 4.42. The zero-order chi connectivity index (χ0) is 8.39. The molecule has 0 aromatic heterocycles. The minimum Gasteiger partial charge on any atom is -0.382 e. The van der Waals surface area contributed by atoms with Gasteiger partial charge in [-0.05, 0) is 25.0 Å². The quantitative estimate of drug-likeness (QED) is 0.693. The lowest BCUT2D eigenvalue weighted by atomic mass is 9.87. The van der Waals surface area contributed by atoms with Gasteiger partial charge in [-0.2, -0.15) is 0 Å². The molecule has 0 heterocycles. The smallest absolute Gasteiger partial charge is 0.0342 e. The standard InChI is InChI=1S/C10H14N2/c11-8-6-10(7-8)12-9-4-2-1-3-5-9/h1-5,8,10,12H,6-7,11H2. The summed E-state index contributed by atoms with van der Waals surface area (Å²) in [6.07, 6.45) is 2.21. The summed E-state index contributed by atoms with van der Waals surface area (Å²) in [4.78, 5) is 0. The van der Waals surface area contributed by atoms with Crippen LogP contribution in [0.4, 0.5) is 5.69 Å². The molecule has 1 aromatic carbocycles. The van der Waals surface area contributed by atoms with E-state index in [1.165, 1.54) is 5.69 Å². The monoisotopic (exact) mass is 162 g/mol. The Morgan fingerprint density at radius 1 is 1.17 bits per heavy atom. The molecule has 0 atom stereocenters. The molecule has 0 amide bonds. The zero-order valence-electron chi connectivity index (χ0n) is 7.03. The van der Waals surface area contributed by atoms with E-state index in [-0.39, 0.29) is 0 Å². The van der Waals surface area contributed by atoms with E-state index in [1.807, 2.05) is 18.2 Å². The summed E-state index contributed by atoms with van der Waals surface area (Å²) in [5.41, 5.74) is 6.89. The summed E-state index contributed by atoms with van der Waals surface area (Å²) in [6, 6.07) is 11.3. The van der Waals surface area contributed by atoms with E-state index in [0.29, 0.717) is 12.1 Å². The lowest BCUT2D eigenvalue weighted by molar-refractivity contribution is 0.373. The summed E-state index contributed by atoms with van der Waals surface area (Å²) in [7, 11) is 0. The molecule has 64 valence electrons. The second-order valence-electron chi connectivity index (χ2n) is 3.44. The van der Waals surface area contributed by atoms with Gasteiger partial charge in [-0.25, -0.2) is 0 Å².